The Hall–Kier alpha value is -4.97. The van der Waals surface area contributed by atoms with E-state index in [0.29, 0.717) is 0 Å². The lowest BCUT2D eigenvalue weighted by Gasteiger charge is -2.30. The molecule has 45 heavy (non-hydrogen) atoms. The van der Waals surface area contributed by atoms with E-state index in [-0.39, 0.29) is 0 Å². The molecule has 0 saturated heterocycles. The Morgan fingerprint density at radius 3 is 1.56 bits per heavy atom. The van der Waals surface area contributed by atoms with Gasteiger partial charge in [-0.3, -0.25) is 0 Å². The summed E-state index contributed by atoms with van der Waals surface area (Å²) in [5.74, 6) is 0. The quantitative estimate of drug-likeness (QED) is 0.186. The molecule has 1 atom stereocenters. The average Bonchev–Trinajstić information content (AvgIpc) is 3.53. The van der Waals surface area contributed by atoms with E-state index >= 15 is 0 Å². The van der Waals surface area contributed by atoms with E-state index in [2.05, 4.69) is 140 Å². The Balaban J connectivity index is 1.33. The zero-order chi connectivity index (χ0) is 30.3. The van der Waals surface area contributed by atoms with Gasteiger partial charge in [-0.15, -0.1) is 0 Å². The maximum Gasteiger partial charge on any atom is 0.109 e. The minimum Gasteiger partial charge on any atom is -0.319 e. The van der Waals surface area contributed by atoms with Crippen LogP contribution in [-0.2, 0) is 9.98 Å². The van der Waals surface area contributed by atoms with Gasteiger partial charge in [-0.05, 0) is 115 Å². The number of rotatable bonds is 3. The van der Waals surface area contributed by atoms with Gasteiger partial charge in [0.15, 0.2) is 0 Å². The summed E-state index contributed by atoms with van der Waals surface area (Å²) in [4.78, 5) is 0. The molecular weight excluding hydrogens is 563 g/mol. The summed E-state index contributed by atoms with van der Waals surface area (Å²) < 4.78 is 12.7. The summed E-state index contributed by atoms with van der Waals surface area (Å²) in [6.07, 6.45) is 0. The van der Waals surface area contributed by atoms with Crippen LogP contribution in [0.4, 0.5) is 0 Å². The SMILES string of the molecule is CP(C)(=O)c1ccc(-c2ccc3c(c2)-c2cc4ccccc4cc2C32c3ccccc3-c3cc(-c4ccccc4)ccc32)cc1. The fraction of sp³-hybridized carbons (Fsp3) is 0.0698. The standard InChI is InChI=1S/C43H31OP/c1-45(2,44)34-20-16-29(17-21-34)33-19-23-41-37(26-33)38-24-30-12-6-7-13-31(30)27-42(38)43(41)39-15-9-8-14-35(39)36-25-32(18-22-40(36)43)28-10-4-3-5-11-28/h3-27H,1-2H3. The minimum atomic E-state index is -2.31. The molecule has 2 aliphatic rings. The van der Waals surface area contributed by atoms with Gasteiger partial charge in [-0.2, -0.15) is 0 Å². The van der Waals surface area contributed by atoms with E-state index in [0.717, 1.165) is 10.9 Å². The van der Waals surface area contributed by atoms with Gasteiger partial charge in [0.1, 0.15) is 7.14 Å². The van der Waals surface area contributed by atoms with Crippen molar-refractivity contribution in [3.8, 4) is 44.5 Å². The molecule has 7 aromatic carbocycles. The van der Waals surface area contributed by atoms with Crippen LogP contribution in [0.5, 0.6) is 0 Å². The monoisotopic (exact) mass is 594 g/mol. The maximum atomic E-state index is 12.7. The highest BCUT2D eigenvalue weighted by Gasteiger charge is 2.51. The minimum absolute atomic E-state index is 0.407. The zero-order valence-electron chi connectivity index (χ0n) is 25.3. The fourth-order valence-electron chi connectivity index (χ4n) is 7.88. The maximum absolute atomic E-state index is 12.7. The van der Waals surface area contributed by atoms with Crippen LogP contribution >= 0.6 is 7.14 Å². The van der Waals surface area contributed by atoms with Gasteiger partial charge < -0.3 is 4.57 Å². The molecule has 0 heterocycles. The molecule has 1 nitrogen and oxygen atoms in total. The molecule has 0 fully saturated rings. The molecule has 0 amide bonds. The number of hydrogen-bond donors (Lipinski definition) is 0. The first kappa shape index (κ1) is 26.4. The topological polar surface area (TPSA) is 17.1 Å². The summed E-state index contributed by atoms with van der Waals surface area (Å²) in [5.41, 5.74) is 14.9. The van der Waals surface area contributed by atoms with E-state index in [1.54, 1.807) is 0 Å². The van der Waals surface area contributed by atoms with Gasteiger partial charge in [-0.25, -0.2) is 0 Å². The van der Waals surface area contributed by atoms with Crippen molar-refractivity contribution >= 4 is 23.2 Å². The lowest BCUT2D eigenvalue weighted by molar-refractivity contribution is 0.588. The van der Waals surface area contributed by atoms with E-state index in [1.165, 1.54) is 72.0 Å². The average molecular weight is 595 g/mol. The number of hydrogen-bond acceptors (Lipinski definition) is 1. The first-order valence-corrected chi connectivity index (χ1v) is 18.2. The Labute approximate surface area is 264 Å². The van der Waals surface area contributed by atoms with Crippen molar-refractivity contribution in [2.75, 3.05) is 13.3 Å². The van der Waals surface area contributed by atoms with Crippen LogP contribution in [0.1, 0.15) is 22.3 Å². The van der Waals surface area contributed by atoms with Crippen molar-refractivity contribution in [3.05, 3.63) is 174 Å². The lowest BCUT2D eigenvalue weighted by Crippen LogP contribution is -2.25. The Morgan fingerprint density at radius 2 is 0.889 bits per heavy atom. The molecule has 2 heteroatoms. The van der Waals surface area contributed by atoms with Gasteiger partial charge in [0.05, 0.1) is 5.41 Å². The lowest BCUT2D eigenvalue weighted by atomic mass is 9.70. The molecule has 1 spiro atoms. The first-order valence-electron chi connectivity index (χ1n) is 15.6. The van der Waals surface area contributed by atoms with Crippen molar-refractivity contribution in [1.82, 2.24) is 0 Å². The largest absolute Gasteiger partial charge is 0.319 e. The molecule has 0 saturated carbocycles. The molecule has 0 bridgehead atoms. The van der Waals surface area contributed by atoms with Crippen LogP contribution in [-0.4, -0.2) is 13.3 Å². The number of fused-ring (bicyclic) bond motifs is 11. The summed E-state index contributed by atoms with van der Waals surface area (Å²) in [7, 11) is -2.31. The molecular formula is C43H31OP. The summed E-state index contributed by atoms with van der Waals surface area (Å²) in [6.45, 7) is 3.66. The van der Waals surface area contributed by atoms with Crippen LogP contribution in [0.15, 0.2) is 152 Å². The predicted molar refractivity (Wildman–Crippen MR) is 190 cm³/mol. The second-order valence-corrected chi connectivity index (χ2v) is 16.0. The second-order valence-electron chi connectivity index (χ2n) is 12.8. The van der Waals surface area contributed by atoms with E-state index in [4.69, 9.17) is 0 Å². The van der Waals surface area contributed by atoms with Gasteiger partial charge in [0.2, 0.25) is 0 Å². The molecule has 0 aromatic heterocycles. The Kier molecular flexibility index (Phi) is 5.59. The molecule has 9 rings (SSSR count). The molecule has 2 aliphatic carbocycles. The number of benzene rings is 7. The smallest absolute Gasteiger partial charge is 0.109 e. The summed E-state index contributed by atoms with van der Waals surface area (Å²) in [6, 6.07) is 55.6. The first-order chi connectivity index (χ1) is 21.9. The van der Waals surface area contributed by atoms with Crippen LogP contribution < -0.4 is 5.30 Å². The molecule has 0 radical (unpaired) electrons. The van der Waals surface area contributed by atoms with E-state index in [1.807, 2.05) is 25.5 Å². The molecule has 0 N–H and O–H groups in total. The van der Waals surface area contributed by atoms with Gasteiger partial charge in [0.25, 0.3) is 0 Å². The third-order valence-corrected chi connectivity index (χ3v) is 11.5. The van der Waals surface area contributed by atoms with Crippen molar-refractivity contribution in [2.45, 2.75) is 5.41 Å². The zero-order valence-corrected chi connectivity index (χ0v) is 26.2. The summed E-state index contributed by atoms with van der Waals surface area (Å²) in [5, 5.41) is 3.42. The molecule has 7 aromatic rings. The summed E-state index contributed by atoms with van der Waals surface area (Å²) >= 11 is 0. The third kappa shape index (κ3) is 3.78. The molecule has 0 aliphatic heterocycles. The van der Waals surface area contributed by atoms with E-state index < -0.39 is 12.6 Å². The van der Waals surface area contributed by atoms with Crippen LogP contribution in [0.25, 0.3) is 55.3 Å². The molecule has 1 unspecified atom stereocenters. The van der Waals surface area contributed by atoms with Crippen molar-refractivity contribution in [1.29, 1.82) is 0 Å². The fourth-order valence-corrected chi connectivity index (χ4v) is 8.75. The van der Waals surface area contributed by atoms with Crippen molar-refractivity contribution in [3.63, 3.8) is 0 Å². The Morgan fingerprint density at radius 1 is 0.400 bits per heavy atom. The van der Waals surface area contributed by atoms with Gasteiger partial charge in [-0.1, -0.05) is 127 Å². The predicted octanol–water partition coefficient (Wildman–Crippen LogP) is 10.8. The van der Waals surface area contributed by atoms with Crippen molar-refractivity contribution in [2.24, 2.45) is 0 Å². The van der Waals surface area contributed by atoms with Crippen LogP contribution in [0, 0.1) is 0 Å². The normalized spacial score (nSPS) is 16.0. The van der Waals surface area contributed by atoms with Crippen molar-refractivity contribution < 1.29 is 4.57 Å². The third-order valence-electron chi connectivity index (χ3n) is 9.98. The highest BCUT2D eigenvalue weighted by atomic mass is 31.2. The highest BCUT2D eigenvalue weighted by Crippen LogP contribution is 2.63. The molecule has 214 valence electrons. The Bertz CT molecular complexity index is 2360. The second kappa shape index (κ2) is 9.51. The highest BCUT2D eigenvalue weighted by molar-refractivity contribution is 7.70. The van der Waals surface area contributed by atoms with Crippen LogP contribution in [0.3, 0.4) is 0 Å². The van der Waals surface area contributed by atoms with Crippen LogP contribution in [0.2, 0.25) is 0 Å². The van der Waals surface area contributed by atoms with Gasteiger partial charge in [0, 0.05) is 5.30 Å². The van der Waals surface area contributed by atoms with Gasteiger partial charge >= 0.3 is 0 Å². The van der Waals surface area contributed by atoms with E-state index in [9.17, 15) is 4.57 Å².